The van der Waals surface area contributed by atoms with Gasteiger partial charge >= 0.3 is 0 Å². The molecule has 0 saturated carbocycles. The first kappa shape index (κ1) is 16.2. The molecule has 1 atom stereocenters. The summed E-state index contributed by atoms with van der Waals surface area (Å²) in [6.45, 7) is 2.72. The summed E-state index contributed by atoms with van der Waals surface area (Å²) in [4.78, 5) is 0. The third-order valence-corrected chi connectivity index (χ3v) is 3.47. The Hall–Kier alpha value is -1.16. The fourth-order valence-electron chi connectivity index (χ4n) is 2.20. The minimum Gasteiger partial charge on any atom is -0.306 e. The molecule has 0 aliphatic carbocycles. The van der Waals surface area contributed by atoms with Gasteiger partial charge in [0.1, 0.15) is 11.6 Å². The van der Waals surface area contributed by atoms with Crippen LogP contribution in [0.3, 0.4) is 0 Å². The van der Waals surface area contributed by atoms with Gasteiger partial charge in [-0.1, -0.05) is 30.1 Å². The van der Waals surface area contributed by atoms with E-state index in [1.807, 2.05) is 6.92 Å². The summed E-state index contributed by atoms with van der Waals surface area (Å²) in [6.07, 6.45) is 0.891. The van der Waals surface area contributed by atoms with Gasteiger partial charge in [0, 0.05) is 16.1 Å². The average molecular weight is 330 g/mol. The summed E-state index contributed by atoms with van der Waals surface area (Å²) in [5, 5.41) is 4.23. The maximum Gasteiger partial charge on any atom is 0.126 e. The van der Waals surface area contributed by atoms with Crippen molar-refractivity contribution in [1.82, 2.24) is 5.32 Å². The van der Waals surface area contributed by atoms with Crippen molar-refractivity contribution < 1.29 is 8.78 Å². The maximum absolute atomic E-state index is 13.5. The first-order valence-corrected chi connectivity index (χ1v) is 7.40. The Balaban J connectivity index is 2.46. The molecule has 0 aliphatic rings. The van der Waals surface area contributed by atoms with Gasteiger partial charge in [0.15, 0.2) is 0 Å². The van der Waals surface area contributed by atoms with Crippen LogP contribution in [0.25, 0.3) is 0 Å². The molecule has 2 aromatic carbocycles. The van der Waals surface area contributed by atoms with Gasteiger partial charge in [-0.15, -0.1) is 0 Å². The van der Waals surface area contributed by atoms with Crippen LogP contribution in [0.5, 0.6) is 0 Å². The van der Waals surface area contributed by atoms with Gasteiger partial charge in [-0.2, -0.15) is 0 Å². The predicted octanol–water partition coefficient (Wildman–Crippen LogP) is 5.36. The first-order valence-electron chi connectivity index (χ1n) is 6.65. The van der Waals surface area contributed by atoms with Crippen molar-refractivity contribution in [2.75, 3.05) is 6.54 Å². The Morgan fingerprint density at radius 1 is 0.905 bits per heavy atom. The van der Waals surface area contributed by atoms with Crippen LogP contribution in [0, 0.1) is 11.6 Å². The molecular weight excluding hydrogens is 315 g/mol. The lowest BCUT2D eigenvalue weighted by molar-refractivity contribution is 0.558. The zero-order valence-corrected chi connectivity index (χ0v) is 13.0. The second-order valence-corrected chi connectivity index (χ2v) is 5.67. The van der Waals surface area contributed by atoms with E-state index >= 15 is 0 Å². The zero-order chi connectivity index (χ0) is 15.4. The third-order valence-electron chi connectivity index (χ3n) is 3.03. The quantitative estimate of drug-likeness (QED) is 0.778. The van der Waals surface area contributed by atoms with Crippen molar-refractivity contribution in [2.45, 2.75) is 19.4 Å². The highest BCUT2D eigenvalue weighted by Crippen LogP contribution is 2.28. The number of rotatable bonds is 5. The maximum atomic E-state index is 13.5. The Labute approximate surface area is 132 Å². The molecule has 2 aromatic rings. The standard InChI is InChI=1S/C16H15Cl2F2N/c1-2-3-21-16(10-4-12(17)8-13(18)5-10)11-6-14(19)9-15(20)7-11/h4-9,16,21H,2-3H2,1H3. The zero-order valence-electron chi connectivity index (χ0n) is 11.5. The van der Waals surface area contributed by atoms with E-state index < -0.39 is 11.6 Å². The lowest BCUT2D eigenvalue weighted by Gasteiger charge is -2.20. The van der Waals surface area contributed by atoms with E-state index in [-0.39, 0.29) is 6.04 Å². The fourth-order valence-corrected chi connectivity index (χ4v) is 2.74. The summed E-state index contributed by atoms with van der Waals surface area (Å²) in [6, 6.07) is 8.20. The number of hydrogen-bond acceptors (Lipinski definition) is 1. The van der Waals surface area contributed by atoms with Crippen molar-refractivity contribution >= 4 is 23.2 Å². The monoisotopic (exact) mass is 329 g/mol. The third kappa shape index (κ3) is 4.40. The van der Waals surface area contributed by atoms with Crippen LogP contribution in [0.1, 0.15) is 30.5 Å². The van der Waals surface area contributed by atoms with Crippen molar-refractivity contribution in [3.05, 3.63) is 69.2 Å². The number of benzene rings is 2. The number of hydrogen-bond donors (Lipinski definition) is 1. The SMILES string of the molecule is CCCNC(c1cc(F)cc(F)c1)c1cc(Cl)cc(Cl)c1. The normalized spacial score (nSPS) is 12.4. The molecular formula is C16H15Cl2F2N. The van der Waals surface area contributed by atoms with E-state index in [0.717, 1.165) is 18.1 Å². The second-order valence-electron chi connectivity index (χ2n) is 4.79. The molecule has 0 amide bonds. The molecule has 112 valence electrons. The van der Waals surface area contributed by atoms with Gasteiger partial charge in [-0.05, 0) is 54.4 Å². The van der Waals surface area contributed by atoms with Crippen molar-refractivity contribution in [1.29, 1.82) is 0 Å². The van der Waals surface area contributed by atoms with E-state index in [4.69, 9.17) is 23.2 Å². The van der Waals surface area contributed by atoms with Gasteiger partial charge in [0.25, 0.3) is 0 Å². The van der Waals surface area contributed by atoms with Crippen molar-refractivity contribution in [3.8, 4) is 0 Å². The van der Waals surface area contributed by atoms with Crippen LogP contribution in [-0.4, -0.2) is 6.54 Å². The van der Waals surface area contributed by atoms with E-state index in [1.54, 1.807) is 18.2 Å². The Morgan fingerprint density at radius 3 is 1.95 bits per heavy atom. The molecule has 0 saturated heterocycles. The highest BCUT2D eigenvalue weighted by atomic mass is 35.5. The summed E-state index contributed by atoms with van der Waals surface area (Å²) >= 11 is 12.0. The molecule has 21 heavy (non-hydrogen) atoms. The molecule has 0 bridgehead atoms. The number of nitrogens with one attached hydrogen (secondary N) is 1. The molecule has 1 N–H and O–H groups in total. The van der Waals surface area contributed by atoms with E-state index in [9.17, 15) is 8.78 Å². The van der Waals surface area contributed by atoms with Gasteiger partial charge in [0.05, 0.1) is 6.04 Å². The summed E-state index contributed by atoms with van der Waals surface area (Å²) in [5.74, 6) is -1.22. The summed E-state index contributed by atoms with van der Waals surface area (Å²) in [7, 11) is 0. The molecule has 0 aliphatic heterocycles. The minimum atomic E-state index is -0.610. The van der Waals surface area contributed by atoms with E-state index in [0.29, 0.717) is 22.2 Å². The lowest BCUT2D eigenvalue weighted by Crippen LogP contribution is -2.23. The molecule has 0 heterocycles. The van der Waals surface area contributed by atoms with Crippen LogP contribution in [-0.2, 0) is 0 Å². The molecule has 0 radical (unpaired) electrons. The van der Waals surface area contributed by atoms with Crippen LogP contribution in [0.2, 0.25) is 10.0 Å². The molecule has 0 spiro atoms. The average Bonchev–Trinajstić information content (AvgIpc) is 2.37. The Kier molecular flexibility index (Phi) is 5.57. The highest BCUT2D eigenvalue weighted by Gasteiger charge is 2.16. The molecule has 2 rings (SSSR count). The Morgan fingerprint density at radius 2 is 1.43 bits per heavy atom. The highest BCUT2D eigenvalue weighted by molar-refractivity contribution is 6.34. The van der Waals surface area contributed by atoms with Crippen LogP contribution >= 0.6 is 23.2 Å². The minimum absolute atomic E-state index is 0.369. The number of halogens is 4. The lowest BCUT2D eigenvalue weighted by atomic mass is 9.98. The van der Waals surface area contributed by atoms with E-state index in [2.05, 4.69) is 5.32 Å². The Bertz CT molecular complexity index is 540. The van der Waals surface area contributed by atoms with E-state index in [1.165, 1.54) is 12.1 Å². The predicted molar refractivity (Wildman–Crippen MR) is 83.0 cm³/mol. The van der Waals surface area contributed by atoms with Crippen molar-refractivity contribution in [2.24, 2.45) is 0 Å². The molecule has 0 fully saturated rings. The molecule has 1 unspecified atom stereocenters. The molecule has 1 nitrogen and oxygen atoms in total. The first-order chi connectivity index (χ1) is 9.99. The van der Waals surface area contributed by atoms with Crippen LogP contribution in [0.15, 0.2) is 36.4 Å². The largest absolute Gasteiger partial charge is 0.306 e. The summed E-state index contributed by atoms with van der Waals surface area (Å²) < 4.78 is 26.9. The molecule has 5 heteroatoms. The topological polar surface area (TPSA) is 12.0 Å². The summed E-state index contributed by atoms with van der Waals surface area (Å²) in [5.41, 5.74) is 1.27. The fraction of sp³-hybridized carbons (Fsp3) is 0.250. The van der Waals surface area contributed by atoms with Gasteiger partial charge < -0.3 is 5.32 Å². The van der Waals surface area contributed by atoms with Crippen LogP contribution in [0.4, 0.5) is 8.78 Å². The van der Waals surface area contributed by atoms with Crippen LogP contribution < -0.4 is 5.32 Å². The smallest absolute Gasteiger partial charge is 0.126 e. The van der Waals surface area contributed by atoms with Gasteiger partial charge in [-0.3, -0.25) is 0 Å². The van der Waals surface area contributed by atoms with Gasteiger partial charge in [-0.25, -0.2) is 8.78 Å². The van der Waals surface area contributed by atoms with Crippen molar-refractivity contribution in [3.63, 3.8) is 0 Å². The molecule has 0 aromatic heterocycles. The second kappa shape index (κ2) is 7.21. The van der Waals surface area contributed by atoms with Gasteiger partial charge in [0.2, 0.25) is 0 Å².